The molecule has 28 heavy (non-hydrogen) atoms. The van der Waals surface area contributed by atoms with Gasteiger partial charge < -0.3 is 4.90 Å². The molecule has 1 saturated heterocycles. The summed E-state index contributed by atoms with van der Waals surface area (Å²) in [6, 6.07) is 16.4. The molecule has 0 aromatic heterocycles. The number of amides is 2. The lowest BCUT2D eigenvalue weighted by molar-refractivity contribution is 0.0893. The molecule has 0 spiro atoms. The lowest BCUT2D eigenvalue weighted by atomic mass is 9.92. The van der Waals surface area contributed by atoms with Crippen molar-refractivity contribution in [2.24, 2.45) is 0 Å². The predicted molar refractivity (Wildman–Crippen MR) is 113 cm³/mol. The molecular weight excluding hydrogens is 372 g/mol. The molecule has 5 rings (SSSR count). The number of anilines is 2. The van der Waals surface area contributed by atoms with E-state index < -0.39 is 0 Å². The monoisotopic (exact) mass is 390 g/mol. The third-order valence-electron chi connectivity index (χ3n) is 5.67. The van der Waals surface area contributed by atoms with Gasteiger partial charge in [-0.05, 0) is 61.7 Å². The number of hydrogen-bond donors (Lipinski definition) is 0. The Morgan fingerprint density at radius 2 is 1.43 bits per heavy atom. The summed E-state index contributed by atoms with van der Waals surface area (Å²) < 4.78 is 0. The standard InChI is InChI=1S/C23H19ClN2O2/c24-15-7-9-16(10-8-15)26-22(27)18-6-4-5-17-20(25-13-2-1-3-14-25)12-11-19(21(17)18)23(26)28/h4-12H,1-3,13-14H2. The SMILES string of the molecule is O=C1c2cccc3c(N4CCCCC4)ccc(c23)C(=O)N1c1ccc(Cl)cc1. The van der Waals surface area contributed by atoms with E-state index in [-0.39, 0.29) is 11.8 Å². The van der Waals surface area contributed by atoms with Gasteiger partial charge in [0.2, 0.25) is 0 Å². The zero-order chi connectivity index (χ0) is 19.3. The molecule has 0 radical (unpaired) electrons. The number of rotatable bonds is 2. The van der Waals surface area contributed by atoms with Gasteiger partial charge in [-0.25, -0.2) is 4.90 Å². The predicted octanol–water partition coefficient (Wildman–Crippen LogP) is 5.28. The summed E-state index contributed by atoms with van der Waals surface area (Å²) in [6.07, 6.45) is 3.60. The molecule has 0 atom stereocenters. The van der Waals surface area contributed by atoms with E-state index in [0.29, 0.717) is 21.8 Å². The molecule has 2 heterocycles. The first-order valence-corrected chi connectivity index (χ1v) is 9.98. The van der Waals surface area contributed by atoms with Crippen LogP contribution in [0.25, 0.3) is 10.8 Å². The molecule has 1 fully saturated rings. The van der Waals surface area contributed by atoms with E-state index in [0.717, 1.165) is 29.5 Å². The average molecular weight is 391 g/mol. The van der Waals surface area contributed by atoms with Crippen molar-refractivity contribution in [3.05, 3.63) is 70.7 Å². The molecule has 4 nitrogen and oxygen atoms in total. The van der Waals surface area contributed by atoms with Crippen LogP contribution in [0.1, 0.15) is 40.0 Å². The quantitative estimate of drug-likeness (QED) is 0.558. The second-order valence-electron chi connectivity index (χ2n) is 7.33. The van der Waals surface area contributed by atoms with Gasteiger partial charge in [0.05, 0.1) is 5.69 Å². The summed E-state index contributed by atoms with van der Waals surface area (Å²) in [6.45, 7) is 2.02. The number of imide groups is 1. The van der Waals surface area contributed by atoms with Gasteiger partial charge in [-0.1, -0.05) is 23.7 Å². The summed E-state index contributed by atoms with van der Waals surface area (Å²) in [5.41, 5.74) is 2.78. The van der Waals surface area contributed by atoms with Gasteiger partial charge in [-0.2, -0.15) is 0 Å². The molecule has 0 bridgehead atoms. The van der Waals surface area contributed by atoms with Gasteiger partial charge in [0.1, 0.15) is 0 Å². The first-order valence-electron chi connectivity index (χ1n) is 9.60. The zero-order valence-corrected chi connectivity index (χ0v) is 16.1. The first-order chi connectivity index (χ1) is 13.6. The van der Waals surface area contributed by atoms with Gasteiger partial charge >= 0.3 is 0 Å². The van der Waals surface area contributed by atoms with Crippen LogP contribution < -0.4 is 9.80 Å². The highest BCUT2D eigenvalue weighted by Crippen LogP contribution is 2.38. The molecule has 5 heteroatoms. The van der Waals surface area contributed by atoms with Crippen LogP contribution in [0.4, 0.5) is 11.4 Å². The summed E-state index contributed by atoms with van der Waals surface area (Å²) in [7, 11) is 0. The average Bonchev–Trinajstić information content (AvgIpc) is 2.73. The molecule has 0 unspecified atom stereocenters. The summed E-state index contributed by atoms with van der Waals surface area (Å²) >= 11 is 5.97. The fraction of sp³-hybridized carbons (Fsp3) is 0.217. The van der Waals surface area contributed by atoms with Crippen molar-refractivity contribution in [1.29, 1.82) is 0 Å². The minimum Gasteiger partial charge on any atom is -0.371 e. The smallest absolute Gasteiger partial charge is 0.265 e. The van der Waals surface area contributed by atoms with Crippen LogP contribution in [-0.2, 0) is 0 Å². The van der Waals surface area contributed by atoms with Crippen LogP contribution in [0, 0.1) is 0 Å². The normalized spacial score (nSPS) is 16.8. The molecule has 140 valence electrons. The minimum atomic E-state index is -0.291. The van der Waals surface area contributed by atoms with E-state index in [1.165, 1.54) is 24.2 Å². The van der Waals surface area contributed by atoms with Crippen LogP contribution >= 0.6 is 11.6 Å². The number of hydrogen-bond acceptors (Lipinski definition) is 3. The first kappa shape index (κ1) is 17.3. The molecular formula is C23H19ClN2O2. The number of carbonyl (C=O) groups is 2. The topological polar surface area (TPSA) is 40.6 Å². The van der Waals surface area contributed by atoms with E-state index in [1.54, 1.807) is 24.3 Å². The van der Waals surface area contributed by atoms with Crippen LogP contribution in [0.2, 0.25) is 5.02 Å². The van der Waals surface area contributed by atoms with Gasteiger partial charge in [-0.3, -0.25) is 9.59 Å². The maximum Gasteiger partial charge on any atom is 0.265 e. The lowest BCUT2D eigenvalue weighted by Crippen LogP contribution is -2.40. The highest BCUT2D eigenvalue weighted by molar-refractivity contribution is 6.36. The number of piperidine rings is 1. The number of carbonyl (C=O) groups excluding carboxylic acids is 2. The summed E-state index contributed by atoms with van der Waals surface area (Å²) in [5, 5.41) is 2.31. The second-order valence-corrected chi connectivity index (χ2v) is 7.77. The maximum atomic E-state index is 13.2. The third-order valence-corrected chi connectivity index (χ3v) is 5.92. The number of benzene rings is 3. The Morgan fingerprint density at radius 3 is 2.14 bits per heavy atom. The van der Waals surface area contributed by atoms with Crippen LogP contribution in [0.5, 0.6) is 0 Å². The van der Waals surface area contributed by atoms with Crippen molar-refractivity contribution in [3.8, 4) is 0 Å². The second kappa shape index (κ2) is 6.64. The van der Waals surface area contributed by atoms with Crippen LogP contribution in [0.3, 0.4) is 0 Å². The van der Waals surface area contributed by atoms with Gasteiger partial charge in [0.25, 0.3) is 11.8 Å². The molecule has 3 aromatic carbocycles. The fourth-order valence-electron chi connectivity index (χ4n) is 4.32. The third kappa shape index (κ3) is 2.60. The summed E-state index contributed by atoms with van der Waals surface area (Å²) in [5.74, 6) is -0.581. The van der Waals surface area contributed by atoms with Crippen LogP contribution in [0.15, 0.2) is 54.6 Å². The Kier molecular flexibility index (Phi) is 4.09. The lowest BCUT2D eigenvalue weighted by Gasteiger charge is -2.32. The molecule has 0 saturated carbocycles. The van der Waals surface area contributed by atoms with Crippen LogP contribution in [-0.4, -0.2) is 24.9 Å². The van der Waals surface area contributed by atoms with E-state index >= 15 is 0 Å². The Hall–Kier alpha value is -2.85. The van der Waals surface area contributed by atoms with E-state index in [4.69, 9.17) is 11.6 Å². The molecule has 2 amide bonds. The largest absolute Gasteiger partial charge is 0.371 e. The van der Waals surface area contributed by atoms with Crippen molar-refractivity contribution in [3.63, 3.8) is 0 Å². The molecule has 0 aliphatic carbocycles. The fourth-order valence-corrected chi connectivity index (χ4v) is 4.44. The van der Waals surface area contributed by atoms with Gasteiger partial charge in [-0.15, -0.1) is 0 Å². The maximum absolute atomic E-state index is 13.2. The van der Waals surface area contributed by atoms with Crippen molar-refractivity contribution < 1.29 is 9.59 Å². The highest BCUT2D eigenvalue weighted by Gasteiger charge is 2.34. The molecule has 2 aliphatic rings. The molecule has 0 N–H and O–H groups in total. The van der Waals surface area contributed by atoms with Crippen molar-refractivity contribution >= 4 is 45.6 Å². The Bertz CT molecular complexity index is 1080. The van der Waals surface area contributed by atoms with Crippen molar-refractivity contribution in [2.45, 2.75) is 19.3 Å². The highest BCUT2D eigenvalue weighted by atomic mass is 35.5. The number of halogens is 1. The Labute approximate surface area is 168 Å². The van der Waals surface area contributed by atoms with Gasteiger partial charge in [0.15, 0.2) is 0 Å². The Morgan fingerprint density at radius 1 is 0.750 bits per heavy atom. The zero-order valence-electron chi connectivity index (χ0n) is 15.3. The summed E-state index contributed by atoms with van der Waals surface area (Å²) in [4.78, 5) is 30.1. The van der Waals surface area contributed by atoms with E-state index in [2.05, 4.69) is 4.90 Å². The van der Waals surface area contributed by atoms with Gasteiger partial charge in [0, 0.05) is 45.7 Å². The van der Waals surface area contributed by atoms with Crippen molar-refractivity contribution in [1.82, 2.24) is 0 Å². The minimum absolute atomic E-state index is 0.291. The van der Waals surface area contributed by atoms with E-state index in [9.17, 15) is 9.59 Å². The Balaban J connectivity index is 1.68. The molecule has 2 aliphatic heterocycles. The molecule has 3 aromatic rings. The number of nitrogens with zero attached hydrogens (tertiary/aromatic N) is 2. The van der Waals surface area contributed by atoms with Crippen molar-refractivity contribution in [2.75, 3.05) is 22.9 Å². The van der Waals surface area contributed by atoms with E-state index in [1.807, 2.05) is 30.3 Å².